The van der Waals surface area contributed by atoms with Crippen LogP contribution in [0, 0.1) is 11.3 Å². The number of nitriles is 1. The van der Waals surface area contributed by atoms with E-state index in [9.17, 15) is 13.2 Å². The highest BCUT2D eigenvalue weighted by atomic mass is 19.4. The minimum Gasteiger partial charge on any atom is -0.197 e. The van der Waals surface area contributed by atoms with Gasteiger partial charge in [0.15, 0.2) is 0 Å². The highest BCUT2D eigenvalue weighted by Gasteiger charge is 2.40. The number of alkyl halides is 3. The Morgan fingerprint density at radius 1 is 1.20 bits per heavy atom. The van der Waals surface area contributed by atoms with Crippen LogP contribution in [-0.2, 0) is 5.41 Å². The highest BCUT2D eigenvalue weighted by Crippen LogP contribution is 2.35. The fourth-order valence-corrected chi connectivity index (χ4v) is 1.41. The SMILES string of the molecule is CC(C#N)(CC(F)(F)F)c1ccccc1. The molecule has 0 amide bonds. The molecule has 15 heavy (non-hydrogen) atoms. The largest absolute Gasteiger partial charge is 0.390 e. The molecular weight excluding hydrogens is 203 g/mol. The predicted octanol–water partition coefficient (Wildman–Crippen LogP) is 3.42. The fraction of sp³-hybridized carbons (Fsp3) is 0.364. The third-order valence-corrected chi connectivity index (χ3v) is 2.21. The van der Waals surface area contributed by atoms with Gasteiger partial charge in [-0.25, -0.2) is 0 Å². The molecule has 0 radical (unpaired) electrons. The van der Waals surface area contributed by atoms with Crippen molar-refractivity contribution in [3.05, 3.63) is 35.9 Å². The van der Waals surface area contributed by atoms with E-state index >= 15 is 0 Å². The zero-order chi connectivity index (χ0) is 11.5. The van der Waals surface area contributed by atoms with Crippen molar-refractivity contribution in [2.24, 2.45) is 0 Å². The van der Waals surface area contributed by atoms with Crippen LogP contribution in [0.3, 0.4) is 0 Å². The van der Waals surface area contributed by atoms with E-state index in [2.05, 4.69) is 0 Å². The maximum atomic E-state index is 12.3. The summed E-state index contributed by atoms with van der Waals surface area (Å²) in [5.74, 6) is 0. The second-order valence-corrected chi connectivity index (χ2v) is 3.60. The number of hydrogen-bond acceptors (Lipinski definition) is 1. The van der Waals surface area contributed by atoms with Crippen LogP contribution < -0.4 is 0 Å². The molecule has 1 rings (SSSR count). The first-order chi connectivity index (χ1) is 6.87. The number of rotatable bonds is 2. The van der Waals surface area contributed by atoms with Crippen LogP contribution in [0.2, 0.25) is 0 Å². The fourth-order valence-electron chi connectivity index (χ4n) is 1.41. The Labute approximate surface area is 86.1 Å². The molecule has 0 saturated heterocycles. The standard InChI is InChI=1S/C11H10F3N/c1-10(8-15,7-11(12,13)14)9-5-3-2-4-6-9/h2-6H,7H2,1H3. The number of nitrogens with zero attached hydrogens (tertiary/aromatic N) is 1. The molecule has 1 aromatic rings. The van der Waals surface area contributed by atoms with Gasteiger partial charge in [-0.2, -0.15) is 18.4 Å². The predicted molar refractivity (Wildman–Crippen MR) is 50.1 cm³/mol. The van der Waals surface area contributed by atoms with Crippen LogP contribution in [0.5, 0.6) is 0 Å². The molecule has 0 bridgehead atoms. The van der Waals surface area contributed by atoms with Crippen LogP contribution in [-0.4, -0.2) is 6.18 Å². The van der Waals surface area contributed by atoms with Gasteiger partial charge in [-0.1, -0.05) is 30.3 Å². The van der Waals surface area contributed by atoms with Crippen molar-refractivity contribution in [1.29, 1.82) is 5.26 Å². The Bertz CT molecular complexity index is 364. The summed E-state index contributed by atoms with van der Waals surface area (Å²) in [7, 11) is 0. The van der Waals surface area contributed by atoms with Gasteiger partial charge in [0.25, 0.3) is 0 Å². The molecule has 1 unspecified atom stereocenters. The maximum absolute atomic E-state index is 12.3. The van der Waals surface area contributed by atoms with E-state index in [0.29, 0.717) is 5.56 Å². The quantitative estimate of drug-likeness (QED) is 0.738. The van der Waals surface area contributed by atoms with E-state index < -0.39 is 18.0 Å². The normalized spacial score (nSPS) is 15.4. The van der Waals surface area contributed by atoms with Crippen molar-refractivity contribution >= 4 is 0 Å². The van der Waals surface area contributed by atoms with Gasteiger partial charge < -0.3 is 0 Å². The summed E-state index contributed by atoms with van der Waals surface area (Å²) in [5.41, 5.74) is -1.11. The first kappa shape index (κ1) is 11.6. The van der Waals surface area contributed by atoms with Crippen LogP contribution in [0.15, 0.2) is 30.3 Å². The first-order valence-electron chi connectivity index (χ1n) is 4.41. The van der Waals surface area contributed by atoms with E-state index in [1.165, 1.54) is 19.1 Å². The van der Waals surface area contributed by atoms with Gasteiger partial charge in [-0.3, -0.25) is 0 Å². The Hall–Kier alpha value is -1.50. The first-order valence-corrected chi connectivity index (χ1v) is 4.41. The van der Waals surface area contributed by atoms with Crippen molar-refractivity contribution < 1.29 is 13.2 Å². The van der Waals surface area contributed by atoms with Crippen LogP contribution >= 0.6 is 0 Å². The number of halogens is 3. The minimum absolute atomic E-state index is 0.393. The average molecular weight is 213 g/mol. The lowest BCUT2D eigenvalue weighted by Crippen LogP contribution is -2.27. The van der Waals surface area contributed by atoms with Crippen LogP contribution in [0.25, 0.3) is 0 Å². The van der Waals surface area contributed by atoms with E-state index in [0.717, 1.165) is 0 Å². The molecule has 0 aromatic heterocycles. The lowest BCUT2D eigenvalue weighted by Gasteiger charge is -2.23. The summed E-state index contributed by atoms with van der Waals surface area (Å²) in [5, 5.41) is 8.85. The van der Waals surface area contributed by atoms with Gasteiger partial charge in [0.1, 0.15) is 0 Å². The van der Waals surface area contributed by atoms with Gasteiger partial charge in [0.2, 0.25) is 0 Å². The molecular formula is C11H10F3N. The van der Waals surface area contributed by atoms with Crippen LogP contribution in [0.4, 0.5) is 13.2 Å². The molecule has 0 spiro atoms. The third-order valence-electron chi connectivity index (χ3n) is 2.21. The van der Waals surface area contributed by atoms with E-state index in [1.54, 1.807) is 24.3 Å². The summed E-state index contributed by atoms with van der Waals surface area (Å²) in [6.07, 6.45) is -5.46. The second kappa shape index (κ2) is 3.93. The Morgan fingerprint density at radius 2 is 1.73 bits per heavy atom. The highest BCUT2D eigenvalue weighted by molar-refractivity contribution is 5.31. The van der Waals surface area contributed by atoms with Gasteiger partial charge in [0, 0.05) is 0 Å². The van der Waals surface area contributed by atoms with Gasteiger partial charge in [0.05, 0.1) is 17.9 Å². The Balaban J connectivity index is 3.03. The molecule has 0 aliphatic heterocycles. The molecule has 1 aromatic carbocycles. The van der Waals surface area contributed by atoms with Gasteiger partial charge in [-0.05, 0) is 12.5 Å². The Morgan fingerprint density at radius 3 is 2.13 bits per heavy atom. The smallest absolute Gasteiger partial charge is 0.197 e. The molecule has 0 saturated carbocycles. The summed E-state index contributed by atoms with van der Waals surface area (Å²) in [6.45, 7) is 1.30. The molecule has 0 aliphatic rings. The summed E-state index contributed by atoms with van der Waals surface area (Å²) < 4.78 is 36.8. The molecule has 80 valence electrons. The molecule has 0 N–H and O–H groups in total. The van der Waals surface area contributed by atoms with Crippen molar-refractivity contribution in [2.45, 2.75) is 24.9 Å². The summed E-state index contributed by atoms with van der Waals surface area (Å²) in [6, 6.07) is 9.76. The molecule has 0 aliphatic carbocycles. The minimum atomic E-state index is -4.33. The lowest BCUT2D eigenvalue weighted by molar-refractivity contribution is -0.142. The molecule has 4 heteroatoms. The van der Waals surface area contributed by atoms with Crippen molar-refractivity contribution in [3.63, 3.8) is 0 Å². The zero-order valence-electron chi connectivity index (χ0n) is 8.17. The van der Waals surface area contributed by atoms with E-state index in [-0.39, 0.29) is 0 Å². The topological polar surface area (TPSA) is 23.8 Å². The zero-order valence-corrected chi connectivity index (χ0v) is 8.17. The number of hydrogen-bond donors (Lipinski definition) is 0. The molecule has 0 heterocycles. The average Bonchev–Trinajstić information content (AvgIpc) is 2.16. The molecule has 0 fully saturated rings. The Kier molecular flexibility index (Phi) is 3.04. The van der Waals surface area contributed by atoms with E-state index in [4.69, 9.17) is 5.26 Å². The van der Waals surface area contributed by atoms with Crippen molar-refractivity contribution in [3.8, 4) is 6.07 Å². The van der Waals surface area contributed by atoms with Crippen LogP contribution in [0.1, 0.15) is 18.9 Å². The monoisotopic (exact) mass is 213 g/mol. The molecule has 1 atom stereocenters. The van der Waals surface area contributed by atoms with Gasteiger partial charge >= 0.3 is 6.18 Å². The lowest BCUT2D eigenvalue weighted by atomic mass is 9.81. The number of benzene rings is 1. The summed E-state index contributed by atoms with van der Waals surface area (Å²) in [4.78, 5) is 0. The third kappa shape index (κ3) is 2.98. The van der Waals surface area contributed by atoms with Gasteiger partial charge in [-0.15, -0.1) is 0 Å². The van der Waals surface area contributed by atoms with Crippen molar-refractivity contribution in [2.75, 3.05) is 0 Å². The van der Waals surface area contributed by atoms with E-state index in [1.807, 2.05) is 0 Å². The second-order valence-electron chi connectivity index (χ2n) is 3.60. The van der Waals surface area contributed by atoms with Crippen molar-refractivity contribution in [1.82, 2.24) is 0 Å². The maximum Gasteiger partial charge on any atom is 0.390 e. The summed E-state index contributed by atoms with van der Waals surface area (Å²) >= 11 is 0. The molecule has 1 nitrogen and oxygen atoms in total.